The molecular formula is C24H19N3O4S. The quantitative estimate of drug-likeness (QED) is 0.215. The van der Waals surface area contributed by atoms with Crippen LogP contribution in [0.5, 0.6) is 5.88 Å². The van der Waals surface area contributed by atoms with Gasteiger partial charge in [-0.3, -0.25) is 14.9 Å². The Balaban J connectivity index is 1.74. The first-order chi connectivity index (χ1) is 15.5. The van der Waals surface area contributed by atoms with Crippen LogP contribution in [0.25, 0.3) is 5.69 Å². The van der Waals surface area contributed by atoms with Crippen molar-refractivity contribution in [1.29, 1.82) is 0 Å². The Morgan fingerprint density at radius 1 is 1.00 bits per heavy atom. The summed E-state index contributed by atoms with van der Waals surface area (Å²) < 4.78 is 7.35. The van der Waals surface area contributed by atoms with Crippen LogP contribution in [-0.2, 0) is 11.2 Å². The summed E-state index contributed by atoms with van der Waals surface area (Å²) in [7, 11) is 0. The van der Waals surface area contributed by atoms with Crippen molar-refractivity contribution in [2.24, 2.45) is 0 Å². The normalized spacial score (nSPS) is 10.7. The fraction of sp³-hybridized carbons (Fsp3) is 0.0833. The van der Waals surface area contributed by atoms with E-state index in [9.17, 15) is 14.9 Å². The van der Waals surface area contributed by atoms with E-state index in [4.69, 9.17) is 4.74 Å². The second-order valence-electron chi connectivity index (χ2n) is 6.93. The maximum absolute atomic E-state index is 12.8. The van der Waals surface area contributed by atoms with Gasteiger partial charge in [0.25, 0.3) is 5.69 Å². The molecule has 7 nitrogen and oxygen atoms in total. The molecule has 0 spiro atoms. The largest absolute Gasteiger partial charge is 0.406 e. The van der Waals surface area contributed by atoms with Crippen LogP contribution in [-0.4, -0.2) is 20.7 Å². The summed E-state index contributed by atoms with van der Waals surface area (Å²) >= 11 is 1.16. The fourth-order valence-corrected chi connectivity index (χ4v) is 4.17. The first-order valence-corrected chi connectivity index (χ1v) is 10.7. The van der Waals surface area contributed by atoms with Gasteiger partial charge < -0.3 is 4.74 Å². The highest BCUT2D eigenvalue weighted by Gasteiger charge is 2.24. The minimum Gasteiger partial charge on any atom is -0.406 e. The zero-order valence-corrected chi connectivity index (χ0v) is 18.0. The van der Waals surface area contributed by atoms with E-state index in [-0.39, 0.29) is 18.0 Å². The minimum absolute atomic E-state index is 0.0223. The summed E-state index contributed by atoms with van der Waals surface area (Å²) in [6, 6.07) is 25.0. The van der Waals surface area contributed by atoms with Crippen LogP contribution in [0.4, 0.5) is 5.69 Å². The van der Waals surface area contributed by atoms with Crippen molar-refractivity contribution in [2.45, 2.75) is 23.1 Å². The molecule has 0 radical (unpaired) electrons. The smallest absolute Gasteiger partial charge is 0.317 e. The number of rotatable bonds is 7. The van der Waals surface area contributed by atoms with Crippen LogP contribution in [0.2, 0.25) is 0 Å². The van der Waals surface area contributed by atoms with E-state index in [1.54, 1.807) is 29.8 Å². The van der Waals surface area contributed by atoms with Crippen molar-refractivity contribution in [3.63, 3.8) is 0 Å². The van der Waals surface area contributed by atoms with Gasteiger partial charge in [0.05, 0.1) is 32.5 Å². The minimum atomic E-state index is -0.447. The predicted octanol–water partition coefficient (Wildman–Crippen LogP) is 5.39. The number of aromatic nitrogens is 2. The van der Waals surface area contributed by atoms with Gasteiger partial charge in [-0.25, -0.2) is 0 Å². The molecule has 8 heteroatoms. The van der Waals surface area contributed by atoms with Crippen molar-refractivity contribution in [3.8, 4) is 11.6 Å². The number of aryl methyl sites for hydroxylation is 1. The number of nitrogens with zero attached hydrogens (tertiary/aromatic N) is 3. The van der Waals surface area contributed by atoms with Crippen LogP contribution in [0.15, 0.2) is 94.7 Å². The lowest BCUT2D eigenvalue weighted by atomic mass is 10.2. The number of carbonyl (C=O) groups excluding carboxylic acids is 1. The molecule has 3 aromatic carbocycles. The number of para-hydroxylation sites is 2. The summed E-state index contributed by atoms with van der Waals surface area (Å²) in [4.78, 5) is 24.8. The van der Waals surface area contributed by atoms with Crippen molar-refractivity contribution in [3.05, 3.63) is 106 Å². The third kappa shape index (κ3) is 4.70. The third-order valence-corrected chi connectivity index (χ3v) is 5.88. The molecule has 4 rings (SSSR count). The Bertz CT molecular complexity index is 1260. The fourth-order valence-electron chi connectivity index (χ4n) is 3.15. The van der Waals surface area contributed by atoms with Gasteiger partial charge in [0, 0.05) is 6.07 Å². The summed E-state index contributed by atoms with van der Waals surface area (Å²) in [6.07, 6.45) is 0.0927. The number of nitro benzene ring substituents is 1. The van der Waals surface area contributed by atoms with Gasteiger partial charge in [0.1, 0.15) is 0 Å². The van der Waals surface area contributed by atoms with Gasteiger partial charge in [0.2, 0.25) is 5.88 Å². The number of hydrogen-bond donors (Lipinski definition) is 0. The number of hydrogen-bond acceptors (Lipinski definition) is 6. The van der Waals surface area contributed by atoms with Gasteiger partial charge in [0.15, 0.2) is 0 Å². The van der Waals surface area contributed by atoms with E-state index in [1.807, 2.05) is 60.7 Å². The summed E-state index contributed by atoms with van der Waals surface area (Å²) in [6.45, 7) is 1.78. The first kappa shape index (κ1) is 21.3. The molecule has 1 aromatic heterocycles. The van der Waals surface area contributed by atoms with Crippen molar-refractivity contribution < 1.29 is 14.5 Å². The van der Waals surface area contributed by atoms with Crippen molar-refractivity contribution >= 4 is 23.4 Å². The monoisotopic (exact) mass is 445 g/mol. The molecule has 0 atom stereocenters. The number of esters is 1. The Kier molecular flexibility index (Phi) is 6.32. The average Bonchev–Trinajstić information content (AvgIpc) is 3.10. The van der Waals surface area contributed by atoms with Crippen molar-refractivity contribution in [2.75, 3.05) is 0 Å². The second kappa shape index (κ2) is 9.49. The van der Waals surface area contributed by atoms with Crippen LogP contribution < -0.4 is 4.74 Å². The van der Waals surface area contributed by atoms with Gasteiger partial charge in [-0.2, -0.15) is 9.78 Å². The molecule has 0 saturated carbocycles. The Morgan fingerprint density at radius 2 is 1.62 bits per heavy atom. The first-order valence-electron chi connectivity index (χ1n) is 9.84. The summed E-state index contributed by atoms with van der Waals surface area (Å²) in [5.74, 6) is -0.213. The molecule has 0 saturated heterocycles. The molecule has 0 unspecified atom stereocenters. The molecule has 0 aliphatic heterocycles. The molecule has 0 aliphatic carbocycles. The van der Waals surface area contributed by atoms with Crippen LogP contribution in [0, 0.1) is 17.0 Å². The van der Waals surface area contributed by atoms with E-state index < -0.39 is 10.9 Å². The van der Waals surface area contributed by atoms with Gasteiger partial charge in [-0.15, -0.1) is 0 Å². The number of carbonyl (C=O) groups is 1. The maximum atomic E-state index is 12.8. The van der Waals surface area contributed by atoms with E-state index in [0.717, 1.165) is 17.3 Å². The van der Waals surface area contributed by atoms with E-state index in [0.29, 0.717) is 21.2 Å². The number of benzene rings is 3. The molecular weight excluding hydrogens is 426 g/mol. The Morgan fingerprint density at radius 3 is 2.31 bits per heavy atom. The highest BCUT2D eigenvalue weighted by Crippen LogP contribution is 2.42. The molecule has 4 aromatic rings. The predicted molar refractivity (Wildman–Crippen MR) is 121 cm³/mol. The lowest BCUT2D eigenvalue weighted by molar-refractivity contribution is -0.387. The van der Waals surface area contributed by atoms with Crippen LogP contribution >= 0.6 is 11.8 Å². The highest BCUT2D eigenvalue weighted by atomic mass is 32.2. The van der Waals surface area contributed by atoms with E-state index in [2.05, 4.69) is 5.10 Å². The highest BCUT2D eigenvalue weighted by molar-refractivity contribution is 7.99. The lowest BCUT2D eigenvalue weighted by Gasteiger charge is -2.10. The maximum Gasteiger partial charge on any atom is 0.317 e. The van der Waals surface area contributed by atoms with Gasteiger partial charge in [-0.05, 0) is 30.7 Å². The van der Waals surface area contributed by atoms with Crippen LogP contribution in [0.1, 0.15) is 11.3 Å². The molecule has 0 aliphatic rings. The second-order valence-corrected chi connectivity index (χ2v) is 7.98. The molecule has 0 fully saturated rings. The topological polar surface area (TPSA) is 87.3 Å². The zero-order valence-electron chi connectivity index (χ0n) is 17.2. The van der Waals surface area contributed by atoms with E-state index >= 15 is 0 Å². The number of nitro groups is 1. The number of ether oxygens (including phenoxy) is 1. The SMILES string of the molecule is Cc1nn(-c2ccccc2)c(OC(=O)Cc2ccccc2)c1Sc1ccccc1[N+](=O)[O-]. The molecule has 0 bridgehead atoms. The zero-order chi connectivity index (χ0) is 22.5. The van der Waals surface area contributed by atoms with Crippen molar-refractivity contribution in [1.82, 2.24) is 9.78 Å². The Hall–Kier alpha value is -3.91. The van der Waals surface area contributed by atoms with E-state index in [1.165, 1.54) is 6.07 Å². The summed E-state index contributed by atoms with van der Waals surface area (Å²) in [5, 5.41) is 16.0. The molecule has 160 valence electrons. The molecule has 0 N–H and O–H groups in total. The van der Waals surface area contributed by atoms with Crippen LogP contribution in [0.3, 0.4) is 0 Å². The third-order valence-electron chi connectivity index (χ3n) is 4.64. The molecule has 0 amide bonds. The van der Waals surface area contributed by atoms with Gasteiger partial charge in [-0.1, -0.05) is 72.4 Å². The van der Waals surface area contributed by atoms with Gasteiger partial charge >= 0.3 is 5.97 Å². The average molecular weight is 446 g/mol. The standard InChI is InChI=1S/C24H19N3O4S/c1-17-23(32-21-15-9-8-14-20(21)27(29)30)24(26(25-17)19-12-6-3-7-13-19)31-22(28)16-18-10-4-2-5-11-18/h2-15H,16H2,1H3. The Labute approximate surface area is 188 Å². The molecule has 32 heavy (non-hydrogen) atoms. The lowest BCUT2D eigenvalue weighted by Crippen LogP contribution is -2.14. The summed E-state index contributed by atoms with van der Waals surface area (Å²) in [5.41, 5.74) is 2.12. The molecule has 1 heterocycles.